The highest BCUT2D eigenvalue weighted by Crippen LogP contribution is 2.70. The van der Waals surface area contributed by atoms with E-state index in [-0.39, 0.29) is 35.2 Å². The minimum absolute atomic E-state index is 0.0686. The quantitative estimate of drug-likeness (QED) is 0.176. The molecule has 0 bridgehead atoms. The molecule has 0 aromatic carbocycles. The number of hydrogen-bond acceptors (Lipinski definition) is 6. The summed E-state index contributed by atoms with van der Waals surface area (Å²) in [7, 11) is 0. The van der Waals surface area contributed by atoms with Gasteiger partial charge in [0.1, 0.15) is 6.10 Å². The van der Waals surface area contributed by atoms with Crippen molar-refractivity contribution >= 4 is 23.9 Å². The van der Waals surface area contributed by atoms with Crippen LogP contribution in [0.1, 0.15) is 132 Å². The van der Waals surface area contributed by atoms with Crippen LogP contribution in [-0.2, 0) is 28.7 Å². The zero-order valence-corrected chi connectivity index (χ0v) is 30.9. The number of ether oxygens (including phenoxy) is 2. The predicted molar refractivity (Wildman–Crippen MR) is 183 cm³/mol. The van der Waals surface area contributed by atoms with Crippen LogP contribution in [0, 0.1) is 68.5 Å². The van der Waals surface area contributed by atoms with Gasteiger partial charge in [-0.05, 0) is 146 Å². The van der Waals surface area contributed by atoms with E-state index in [0.29, 0.717) is 48.0 Å². The number of carbonyl (C=O) groups excluding carboxylic acids is 2. The molecule has 8 heteroatoms. The van der Waals surface area contributed by atoms with Crippen LogP contribution in [0.2, 0.25) is 0 Å². The molecule has 0 aromatic heterocycles. The first kappa shape index (κ1) is 36.9. The Labute approximate surface area is 288 Å². The van der Waals surface area contributed by atoms with Crippen molar-refractivity contribution in [2.24, 2.45) is 68.5 Å². The Morgan fingerprint density at radius 2 is 1.33 bits per heavy atom. The summed E-state index contributed by atoms with van der Waals surface area (Å²) in [4.78, 5) is 49.2. The Hall–Kier alpha value is -2.38. The van der Waals surface area contributed by atoms with Crippen LogP contribution in [0.4, 0.5) is 0 Å². The SMILES string of the molecule is C=C(C)[C@@H]1CC[C@@]2(COC(=O)CC(C)(C)C(=O)O)CCC3C(CCC4C3CCC3C(C)(C)[C@@H](OC(=O)CC(C)(C)C(=O)O)CC[C@]43C)C12. The summed E-state index contributed by atoms with van der Waals surface area (Å²) in [6.07, 6.45) is 10.3. The lowest BCUT2D eigenvalue weighted by molar-refractivity contribution is -0.201. The molecule has 0 aliphatic heterocycles. The molecule has 0 spiro atoms. The maximum atomic E-state index is 13.0. The van der Waals surface area contributed by atoms with E-state index in [2.05, 4.69) is 34.3 Å². The molecule has 8 nitrogen and oxygen atoms in total. The first-order valence-corrected chi connectivity index (χ1v) is 18.6. The maximum absolute atomic E-state index is 13.0. The second-order valence-electron chi connectivity index (χ2n) is 19.0. The normalized spacial score (nSPS) is 38.8. The number of esters is 2. The lowest BCUT2D eigenvalue weighted by Crippen LogP contribution is -2.60. The second kappa shape index (κ2) is 12.7. The first-order valence-electron chi connectivity index (χ1n) is 18.6. The Kier molecular flexibility index (Phi) is 9.79. The Morgan fingerprint density at radius 3 is 1.94 bits per heavy atom. The molecule has 0 amide bonds. The molecule has 2 N–H and O–H groups in total. The first-order chi connectivity index (χ1) is 22.2. The van der Waals surface area contributed by atoms with Gasteiger partial charge in [0.05, 0.1) is 30.3 Å². The highest BCUT2D eigenvalue weighted by molar-refractivity contribution is 5.82. The van der Waals surface area contributed by atoms with E-state index in [1.165, 1.54) is 24.8 Å². The van der Waals surface area contributed by atoms with Gasteiger partial charge in [-0.25, -0.2) is 0 Å². The Bertz CT molecular complexity index is 1310. The van der Waals surface area contributed by atoms with Crippen LogP contribution >= 0.6 is 0 Å². The Morgan fingerprint density at radius 1 is 0.750 bits per heavy atom. The third-order valence-electron chi connectivity index (χ3n) is 14.8. The van der Waals surface area contributed by atoms with Crippen molar-refractivity contribution in [3.63, 3.8) is 0 Å². The summed E-state index contributed by atoms with van der Waals surface area (Å²) in [6, 6.07) is 0. The zero-order chi connectivity index (χ0) is 35.6. The summed E-state index contributed by atoms with van der Waals surface area (Å²) in [5, 5.41) is 19.1. The van der Waals surface area contributed by atoms with Crippen molar-refractivity contribution in [3.8, 4) is 0 Å². The molecular weight excluding hydrogens is 608 g/mol. The van der Waals surface area contributed by atoms with Gasteiger partial charge in [-0.15, -0.1) is 0 Å². The van der Waals surface area contributed by atoms with Crippen LogP contribution in [0.3, 0.4) is 0 Å². The summed E-state index contributed by atoms with van der Waals surface area (Å²) in [5.74, 6) is 0.951. The van der Waals surface area contributed by atoms with Gasteiger partial charge >= 0.3 is 23.9 Å². The number of rotatable bonds is 10. The molecule has 0 heterocycles. The maximum Gasteiger partial charge on any atom is 0.309 e. The van der Waals surface area contributed by atoms with Gasteiger partial charge in [-0.1, -0.05) is 32.9 Å². The van der Waals surface area contributed by atoms with Gasteiger partial charge in [-0.2, -0.15) is 0 Å². The van der Waals surface area contributed by atoms with Crippen molar-refractivity contribution in [1.29, 1.82) is 0 Å². The van der Waals surface area contributed by atoms with Crippen molar-refractivity contribution in [2.75, 3.05) is 6.61 Å². The van der Waals surface area contributed by atoms with Crippen molar-refractivity contribution < 1.29 is 38.9 Å². The van der Waals surface area contributed by atoms with Gasteiger partial charge in [0.2, 0.25) is 0 Å². The Balaban J connectivity index is 1.31. The lowest BCUT2D eigenvalue weighted by atomic mass is 9.40. The third kappa shape index (κ3) is 6.36. The van der Waals surface area contributed by atoms with Crippen LogP contribution in [0.25, 0.3) is 0 Å². The topological polar surface area (TPSA) is 127 Å². The number of fused-ring (bicyclic) bond motifs is 7. The molecular formula is C40H62O8. The third-order valence-corrected chi connectivity index (χ3v) is 14.8. The minimum atomic E-state index is -1.15. The standard InChI is InChI=1S/C40H62O8/c1-23(2)24-14-18-40(22-47-31(41)20-36(3,4)34(43)44)19-15-25-26-11-13-29-38(7,8)30(48-32(42)21-37(5,6)35(45)46)16-17-39(29,9)28(26)12-10-27(25)33(24)40/h24-30,33H,1,10-22H2,2-9H3,(H,43,44)(H,45,46)/t24-,25?,26?,27?,28?,29?,30-,33?,39+,40-/m0/s1. The lowest BCUT2D eigenvalue weighted by Gasteiger charge is -2.65. The van der Waals surface area contributed by atoms with Gasteiger partial charge in [0.15, 0.2) is 0 Å². The average Bonchev–Trinajstić information content (AvgIpc) is 3.37. The molecule has 0 radical (unpaired) electrons. The van der Waals surface area contributed by atoms with Gasteiger partial charge < -0.3 is 19.7 Å². The number of carboxylic acids is 2. The molecule has 0 saturated heterocycles. The summed E-state index contributed by atoms with van der Waals surface area (Å²) in [6.45, 7) is 20.3. The minimum Gasteiger partial charge on any atom is -0.481 e. The van der Waals surface area contributed by atoms with Gasteiger partial charge in [0, 0.05) is 10.8 Å². The molecule has 10 atom stereocenters. The number of carboxylic acid groups (broad SMARTS) is 2. The van der Waals surface area contributed by atoms with E-state index in [4.69, 9.17) is 9.47 Å². The molecule has 5 fully saturated rings. The van der Waals surface area contributed by atoms with E-state index in [1.807, 2.05) is 0 Å². The van der Waals surface area contributed by atoms with E-state index in [0.717, 1.165) is 44.9 Å². The molecule has 0 aromatic rings. The van der Waals surface area contributed by atoms with Crippen LogP contribution in [0.15, 0.2) is 12.2 Å². The summed E-state index contributed by atoms with van der Waals surface area (Å²) >= 11 is 0. The second-order valence-corrected chi connectivity index (χ2v) is 19.0. The fraction of sp³-hybridized carbons (Fsp3) is 0.850. The molecule has 270 valence electrons. The highest BCUT2D eigenvalue weighted by Gasteiger charge is 2.64. The molecule has 5 saturated carbocycles. The smallest absolute Gasteiger partial charge is 0.309 e. The van der Waals surface area contributed by atoms with Gasteiger partial charge in [-0.3, -0.25) is 19.2 Å². The molecule has 5 rings (SSSR count). The fourth-order valence-electron chi connectivity index (χ4n) is 12.2. The number of aliphatic carboxylic acids is 2. The predicted octanol–water partition coefficient (Wildman–Crippen LogP) is 8.32. The average molecular weight is 671 g/mol. The summed E-state index contributed by atoms with van der Waals surface area (Å²) in [5.41, 5.74) is -1.18. The van der Waals surface area contributed by atoms with Crippen LogP contribution in [-0.4, -0.2) is 46.8 Å². The van der Waals surface area contributed by atoms with Gasteiger partial charge in [0.25, 0.3) is 0 Å². The molecule has 5 aliphatic carbocycles. The number of hydrogen-bond donors (Lipinski definition) is 2. The molecule has 5 aliphatic rings. The van der Waals surface area contributed by atoms with E-state index < -0.39 is 34.7 Å². The molecule has 6 unspecified atom stereocenters. The number of carbonyl (C=O) groups is 4. The van der Waals surface area contributed by atoms with Crippen LogP contribution in [0.5, 0.6) is 0 Å². The highest BCUT2D eigenvalue weighted by atomic mass is 16.5. The van der Waals surface area contributed by atoms with Crippen molar-refractivity contribution in [1.82, 2.24) is 0 Å². The number of allylic oxidation sites excluding steroid dienone is 1. The molecule has 48 heavy (non-hydrogen) atoms. The zero-order valence-electron chi connectivity index (χ0n) is 30.9. The monoisotopic (exact) mass is 670 g/mol. The van der Waals surface area contributed by atoms with Crippen molar-refractivity contribution in [3.05, 3.63) is 12.2 Å². The van der Waals surface area contributed by atoms with E-state index in [9.17, 15) is 29.4 Å². The van der Waals surface area contributed by atoms with E-state index >= 15 is 0 Å². The largest absolute Gasteiger partial charge is 0.481 e. The summed E-state index contributed by atoms with van der Waals surface area (Å²) < 4.78 is 12.1. The van der Waals surface area contributed by atoms with E-state index in [1.54, 1.807) is 27.7 Å². The van der Waals surface area contributed by atoms with Crippen molar-refractivity contribution in [2.45, 2.75) is 139 Å². The van der Waals surface area contributed by atoms with Crippen LogP contribution < -0.4 is 0 Å². The fourth-order valence-corrected chi connectivity index (χ4v) is 12.2.